The van der Waals surface area contributed by atoms with Gasteiger partial charge in [0.25, 0.3) is 0 Å². The van der Waals surface area contributed by atoms with Gasteiger partial charge in [-0.3, -0.25) is 4.79 Å². The molecule has 0 aliphatic carbocycles. The van der Waals surface area contributed by atoms with E-state index in [-0.39, 0.29) is 22.8 Å². The molecule has 0 aliphatic rings. The normalized spacial score (nSPS) is 14.0. The summed E-state index contributed by atoms with van der Waals surface area (Å²) < 4.78 is 0. The third-order valence-electron chi connectivity index (χ3n) is 3.00. The Morgan fingerprint density at radius 2 is 1.58 bits per heavy atom. The first-order valence-corrected chi connectivity index (χ1v) is 6.95. The average Bonchev–Trinajstić information content (AvgIpc) is 2.26. The van der Waals surface area contributed by atoms with Crippen molar-refractivity contribution in [1.29, 1.82) is 0 Å². The number of carbonyl (C=O) groups excluding carboxylic acids is 1. The van der Waals surface area contributed by atoms with Crippen molar-refractivity contribution in [3.05, 3.63) is 35.9 Å². The number of benzene rings is 1. The van der Waals surface area contributed by atoms with Crippen LogP contribution in [-0.4, -0.2) is 5.91 Å². The van der Waals surface area contributed by atoms with Crippen molar-refractivity contribution in [2.75, 3.05) is 0 Å². The molecule has 2 heteroatoms. The second-order valence-electron chi connectivity index (χ2n) is 7.45. The highest BCUT2D eigenvalue weighted by molar-refractivity contribution is 5.81. The lowest BCUT2D eigenvalue weighted by Gasteiger charge is -2.30. The van der Waals surface area contributed by atoms with Gasteiger partial charge in [0.15, 0.2) is 0 Å². The third-order valence-corrected chi connectivity index (χ3v) is 3.00. The van der Waals surface area contributed by atoms with Crippen LogP contribution in [0.3, 0.4) is 0 Å². The minimum Gasteiger partial charge on any atom is -0.349 e. The van der Waals surface area contributed by atoms with Gasteiger partial charge in [-0.25, -0.2) is 0 Å². The largest absolute Gasteiger partial charge is 0.349 e. The molecule has 1 aromatic rings. The van der Waals surface area contributed by atoms with Gasteiger partial charge in [-0.1, -0.05) is 71.9 Å². The molecule has 0 radical (unpaired) electrons. The molecule has 0 aliphatic heterocycles. The van der Waals surface area contributed by atoms with Crippen LogP contribution >= 0.6 is 0 Å². The molecule has 0 aromatic heterocycles. The smallest absolute Gasteiger partial charge is 0.225 e. The zero-order chi connectivity index (χ0) is 14.7. The van der Waals surface area contributed by atoms with Crippen LogP contribution in [0.1, 0.15) is 59.6 Å². The summed E-state index contributed by atoms with van der Waals surface area (Å²) >= 11 is 0. The van der Waals surface area contributed by atoms with E-state index in [1.54, 1.807) is 0 Å². The van der Waals surface area contributed by atoms with Crippen LogP contribution in [0.4, 0.5) is 0 Å². The molecular formula is C17H27NO. The Bertz CT molecular complexity index is 409. The molecule has 1 unspecified atom stereocenters. The molecular weight excluding hydrogens is 234 g/mol. The summed E-state index contributed by atoms with van der Waals surface area (Å²) in [5.41, 5.74) is 0.992. The molecule has 1 atom stereocenters. The summed E-state index contributed by atoms with van der Waals surface area (Å²) in [5, 5.41) is 3.19. The van der Waals surface area contributed by atoms with E-state index in [1.807, 2.05) is 39.0 Å². The van der Waals surface area contributed by atoms with Crippen molar-refractivity contribution in [2.45, 2.75) is 54.0 Å². The van der Waals surface area contributed by atoms with Gasteiger partial charge in [-0.2, -0.15) is 0 Å². The van der Waals surface area contributed by atoms with E-state index in [4.69, 9.17) is 0 Å². The summed E-state index contributed by atoms with van der Waals surface area (Å²) in [6, 6.07) is 10.3. The Morgan fingerprint density at radius 3 is 2.00 bits per heavy atom. The lowest BCUT2D eigenvalue weighted by Crippen LogP contribution is -2.38. The summed E-state index contributed by atoms with van der Waals surface area (Å²) in [6.07, 6.45) is 0.929. The minimum absolute atomic E-state index is 0.0768. The van der Waals surface area contributed by atoms with Gasteiger partial charge in [0.2, 0.25) is 5.91 Å². The first kappa shape index (κ1) is 15.7. The second-order valence-corrected chi connectivity index (χ2v) is 7.45. The van der Waals surface area contributed by atoms with Gasteiger partial charge in [0.1, 0.15) is 0 Å². The van der Waals surface area contributed by atoms with Crippen molar-refractivity contribution in [1.82, 2.24) is 5.32 Å². The number of rotatable bonds is 3. The number of amides is 1. The molecule has 0 saturated heterocycles. The van der Waals surface area contributed by atoms with Crippen LogP contribution in [0.5, 0.6) is 0 Å². The van der Waals surface area contributed by atoms with Crippen molar-refractivity contribution in [3.8, 4) is 0 Å². The van der Waals surface area contributed by atoms with Gasteiger partial charge in [0, 0.05) is 5.41 Å². The Kier molecular flexibility index (Phi) is 4.78. The number of hydrogen-bond acceptors (Lipinski definition) is 1. The molecule has 0 saturated carbocycles. The predicted octanol–water partition coefficient (Wildman–Crippen LogP) is 4.33. The topological polar surface area (TPSA) is 29.1 Å². The van der Waals surface area contributed by atoms with Gasteiger partial charge in [0.05, 0.1) is 6.04 Å². The Balaban J connectivity index is 2.91. The van der Waals surface area contributed by atoms with Crippen LogP contribution in [-0.2, 0) is 4.79 Å². The van der Waals surface area contributed by atoms with E-state index in [1.165, 1.54) is 5.56 Å². The SMILES string of the molecule is CC(C)(C)CC(NC(=O)C(C)(C)C)c1ccccc1. The summed E-state index contributed by atoms with van der Waals surface area (Å²) in [5.74, 6) is 0.102. The van der Waals surface area contributed by atoms with E-state index < -0.39 is 0 Å². The molecule has 1 aromatic carbocycles. The standard InChI is InChI=1S/C17H27NO/c1-16(2,3)12-14(13-10-8-7-9-11-13)18-15(19)17(4,5)6/h7-11,14H,12H2,1-6H3,(H,18,19). The number of carbonyl (C=O) groups is 1. The number of nitrogens with one attached hydrogen (secondary N) is 1. The quantitative estimate of drug-likeness (QED) is 0.862. The van der Waals surface area contributed by atoms with Gasteiger partial charge in [-0.05, 0) is 17.4 Å². The van der Waals surface area contributed by atoms with Gasteiger partial charge >= 0.3 is 0 Å². The molecule has 1 N–H and O–H groups in total. The van der Waals surface area contributed by atoms with E-state index in [0.717, 1.165) is 6.42 Å². The Morgan fingerprint density at radius 1 is 1.05 bits per heavy atom. The summed E-state index contributed by atoms with van der Waals surface area (Å²) in [7, 11) is 0. The Labute approximate surface area is 117 Å². The maximum absolute atomic E-state index is 12.2. The van der Waals surface area contributed by atoms with E-state index in [0.29, 0.717) is 0 Å². The predicted molar refractivity (Wildman–Crippen MR) is 80.9 cm³/mol. The molecule has 106 valence electrons. The van der Waals surface area contributed by atoms with Gasteiger partial charge < -0.3 is 5.32 Å². The van der Waals surface area contributed by atoms with Crippen molar-refractivity contribution in [3.63, 3.8) is 0 Å². The highest BCUT2D eigenvalue weighted by atomic mass is 16.2. The molecule has 1 rings (SSSR count). The van der Waals surface area contributed by atoms with Crippen molar-refractivity contribution in [2.24, 2.45) is 10.8 Å². The van der Waals surface area contributed by atoms with Crippen molar-refractivity contribution < 1.29 is 4.79 Å². The molecule has 2 nitrogen and oxygen atoms in total. The fraction of sp³-hybridized carbons (Fsp3) is 0.588. The zero-order valence-electron chi connectivity index (χ0n) is 13.1. The highest BCUT2D eigenvalue weighted by Gasteiger charge is 2.27. The van der Waals surface area contributed by atoms with Crippen LogP contribution in [0.25, 0.3) is 0 Å². The fourth-order valence-corrected chi connectivity index (χ4v) is 1.92. The second kappa shape index (κ2) is 5.77. The molecule has 0 heterocycles. The minimum atomic E-state index is -0.356. The lowest BCUT2D eigenvalue weighted by molar-refractivity contribution is -0.129. The first-order valence-electron chi connectivity index (χ1n) is 6.95. The van der Waals surface area contributed by atoms with Crippen LogP contribution in [0.2, 0.25) is 0 Å². The molecule has 0 spiro atoms. The first-order chi connectivity index (χ1) is 8.59. The maximum atomic E-state index is 12.2. The molecule has 0 fully saturated rings. The van der Waals surface area contributed by atoms with Crippen LogP contribution in [0.15, 0.2) is 30.3 Å². The van der Waals surface area contributed by atoms with Crippen LogP contribution < -0.4 is 5.32 Å². The van der Waals surface area contributed by atoms with E-state index >= 15 is 0 Å². The zero-order valence-corrected chi connectivity index (χ0v) is 13.1. The molecule has 0 bridgehead atoms. The molecule has 1 amide bonds. The van der Waals surface area contributed by atoms with Crippen molar-refractivity contribution >= 4 is 5.91 Å². The van der Waals surface area contributed by atoms with E-state index in [2.05, 4.69) is 38.2 Å². The Hall–Kier alpha value is -1.31. The van der Waals surface area contributed by atoms with Crippen LogP contribution in [0, 0.1) is 10.8 Å². The average molecular weight is 261 g/mol. The molecule has 19 heavy (non-hydrogen) atoms. The lowest BCUT2D eigenvalue weighted by atomic mass is 9.84. The highest BCUT2D eigenvalue weighted by Crippen LogP contribution is 2.30. The summed E-state index contributed by atoms with van der Waals surface area (Å²) in [4.78, 5) is 12.2. The van der Waals surface area contributed by atoms with Gasteiger partial charge in [-0.15, -0.1) is 0 Å². The fourth-order valence-electron chi connectivity index (χ4n) is 1.92. The maximum Gasteiger partial charge on any atom is 0.225 e. The monoisotopic (exact) mass is 261 g/mol. The summed E-state index contributed by atoms with van der Waals surface area (Å²) in [6.45, 7) is 12.4. The van der Waals surface area contributed by atoms with E-state index in [9.17, 15) is 4.79 Å². The third kappa shape index (κ3) is 5.46. The number of hydrogen-bond donors (Lipinski definition) is 1.